The average molecular weight is 369 g/mol. The Morgan fingerprint density at radius 2 is 2.04 bits per heavy atom. The molecule has 0 spiro atoms. The molecule has 3 rings (SSSR count). The van der Waals surface area contributed by atoms with Crippen LogP contribution in [0, 0.1) is 5.92 Å². The van der Waals surface area contributed by atoms with Gasteiger partial charge in [0, 0.05) is 30.7 Å². The monoisotopic (exact) mass is 368 g/mol. The highest BCUT2D eigenvalue weighted by Crippen LogP contribution is 2.29. The summed E-state index contributed by atoms with van der Waals surface area (Å²) >= 11 is 5.83. The SMILES string of the molecule is Cn1ncc(NC(=O)[C@@H]2CC(=O)N(c3ccc(Cl)cc3)C2)c1C(F)F. The Balaban J connectivity index is 1.72. The number of anilines is 2. The summed E-state index contributed by atoms with van der Waals surface area (Å²) in [6.07, 6.45) is -1.58. The van der Waals surface area contributed by atoms with Gasteiger partial charge in [-0.05, 0) is 24.3 Å². The normalized spacial score (nSPS) is 17.4. The van der Waals surface area contributed by atoms with Crippen molar-refractivity contribution in [3.05, 3.63) is 41.2 Å². The van der Waals surface area contributed by atoms with Crippen molar-refractivity contribution in [1.29, 1.82) is 0 Å². The predicted octanol–water partition coefficient (Wildman–Crippen LogP) is 3.00. The van der Waals surface area contributed by atoms with E-state index in [0.717, 1.165) is 4.68 Å². The van der Waals surface area contributed by atoms with Crippen molar-refractivity contribution in [2.24, 2.45) is 13.0 Å². The van der Waals surface area contributed by atoms with Crippen LogP contribution in [-0.2, 0) is 16.6 Å². The van der Waals surface area contributed by atoms with Gasteiger partial charge in [-0.3, -0.25) is 14.3 Å². The number of amides is 2. The summed E-state index contributed by atoms with van der Waals surface area (Å²) in [7, 11) is 1.37. The van der Waals surface area contributed by atoms with Crippen LogP contribution in [0.3, 0.4) is 0 Å². The summed E-state index contributed by atoms with van der Waals surface area (Å²) < 4.78 is 27.1. The van der Waals surface area contributed by atoms with Gasteiger partial charge in [-0.15, -0.1) is 0 Å². The van der Waals surface area contributed by atoms with E-state index in [2.05, 4.69) is 10.4 Å². The second-order valence-electron chi connectivity index (χ2n) is 5.74. The van der Waals surface area contributed by atoms with E-state index in [4.69, 9.17) is 11.6 Å². The number of aryl methyl sites for hydroxylation is 1. The van der Waals surface area contributed by atoms with Crippen molar-refractivity contribution < 1.29 is 18.4 Å². The summed E-state index contributed by atoms with van der Waals surface area (Å²) in [5.41, 5.74) is 0.228. The van der Waals surface area contributed by atoms with Crippen LogP contribution in [0.25, 0.3) is 0 Å². The van der Waals surface area contributed by atoms with Gasteiger partial charge < -0.3 is 10.2 Å². The molecule has 9 heteroatoms. The average Bonchev–Trinajstić information content (AvgIpc) is 3.11. The highest BCUT2D eigenvalue weighted by Gasteiger charge is 2.35. The highest BCUT2D eigenvalue weighted by atomic mass is 35.5. The van der Waals surface area contributed by atoms with Crippen LogP contribution in [0.1, 0.15) is 18.5 Å². The minimum Gasteiger partial charge on any atom is -0.323 e. The standard InChI is InChI=1S/C16H15ClF2N4O2/c1-22-14(15(18)19)12(7-20-22)21-16(25)9-6-13(24)23(8-9)11-4-2-10(17)3-5-11/h2-5,7,9,15H,6,8H2,1H3,(H,21,25)/t9-/m1/s1. The Hall–Kier alpha value is -2.48. The number of carbonyl (C=O) groups excluding carboxylic acids is 2. The number of nitrogens with zero attached hydrogens (tertiary/aromatic N) is 3. The Labute approximate surface area is 147 Å². The topological polar surface area (TPSA) is 67.2 Å². The van der Waals surface area contributed by atoms with Crippen LogP contribution in [-0.4, -0.2) is 28.1 Å². The lowest BCUT2D eigenvalue weighted by atomic mass is 10.1. The molecule has 2 aromatic rings. The van der Waals surface area contributed by atoms with Crippen LogP contribution < -0.4 is 10.2 Å². The Morgan fingerprint density at radius 3 is 2.68 bits per heavy atom. The van der Waals surface area contributed by atoms with Crippen LogP contribution in [0.2, 0.25) is 5.02 Å². The molecule has 0 radical (unpaired) electrons. The third kappa shape index (κ3) is 3.48. The van der Waals surface area contributed by atoms with Crippen LogP contribution in [0.5, 0.6) is 0 Å². The zero-order valence-electron chi connectivity index (χ0n) is 13.2. The number of benzene rings is 1. The molecule has 132 valence electrons. The second kappa shape index (κ2) is 6.79. The largest absolute Gasteiger partial charge is 0.323 e. The molecule has 25 heavy (non-hydrogen) atoms. The van der Waals surface area contributed by atoms with Gasteiger partial charge in [0.15, 0.2) is 0 Å². The molecular weight excluding hydrogens is 354 g/mol. The van der Waals surface area contributed by atoms with E-state index < -0.39 is 18.3 Å². The Morgan fingerprint density at radius 1 is 1.36 bits per heavy atom. The zero-order valence-corrected chi connectivity index (χ0v) is 14.0. The number of carbonyl (C=O) groups is 2. The van der Waals surface area contributed by atoms with Crippen LogP contribution in [0.15, 0.2) is 30.5 Å². The maximum Gasteiger partial charge on any atom is 0.282 e. The summed E-state index contributed by atoms with van der Waals surface area (Å²) in [6.45, 7) is 0.177. The van der Waals surface area contributed by atoms with Crippen molar-refractivity contribution in [2.45, 2.75) is 12.8 Å². The van der Waals surface area contributed by atoms with Gasteiger partial charge in [0.05, 0.1) is 17.8 Å². The fourth-order valence-electron chi connectivity index (χ4n) is 2.79. The van der Waals surface area contributed by atoms with Gasteiger partial charge in [-0.25, -0.2) is 8.78 Å². The maximum atomic E-state index is 13.0. The molecule has 0 aliphatic carbocycles. The summed E-state index contributed by atoms with van der Waals surface area (Å²) in [6, 6.07) is 6.69. The van der Waals surface area contributed by atoms with Crippen molar-refractivity contribution in [3.8, 4) is 0 Å². The molecule has 1 fully saturated rings. The first kappa shape index (κ1) is 17.3. The number of hydrogen-bond acceptors (Lipinski definition) is 3. The van der Waals surface area contributed by atoms with Crippen molar-refractivity contribution in [2.75, 3.05) is 16.8 Å². The first-order valence-electron chi connectivity index (χ1n) is 7.53. The lowest BCUT2D eigenvalue weighted by Crippen LogP contribution is -2.28. The molecule has 0 saturated carbocycles. The van der Waals surface area contributed by atoms with E-state index in [1.54, 1.807) is 24.3 Å². The molecule has 0 bridgehead atoms. The number of aromatic nitrogens is 2. The maximum absolute atomic E-state index is 13.0. The van der Waals surface area contributed by atoms with E-state index in [-0.39, 0.29) is 30.3 Å². The number of rotatable bonds is 4. The summed E-state index contributed by atoms with van der Waals surface area (Å²) in [5, 5.41) is 6.73. The fraction of sp³-hybridized carbons (Fsp3) is 0.312. The molecule has 2 heterocycles. The first-order chi connectivity index (χ1) is 11.9. The zero-order chi connectivity index (χ0) is 18.1. The number of nitrogens with one attached hydrogen (secondary N) is 1. The minimum absolute atomic E-state index is 0.0126. The molecule has 1 aromatic heterocycles. The molecule has 2 amide bonds. The van der Waals surface area contributed by atoms with Crippen molar-refractivity contribution in [1.82, 2.24) is 9.78 Å². The number of halogens is 3. The van der Waals surface area contributed by atoms with Gasteiger partial charge in [-0.1, -0.05) is 11.6 Å². The van der Waals surface area contributed by atoms with Gasteiger partial charge in [0.2, 0.25) is 11.8 Å². The lowest BCUT2D eigenvalue weighted by Gasteiger charge is -2.16. The molecule has 1 N–H and O–H groups in total. The quantitative estimate of drug-likeness (QED) is 0.902. The molecule has 1 saturated heterocycles. The number of hydrogen-bond donors (Lipinski definition) is 1. The molecule has 1 atom stereocenters. The van der Waals surface area contributed by atoms with Gasteiger partial charge in [-0.2, -0.15) is 5.10 Å². The van der Waals surface area contributed by atoms with E-state index in [9.17, 15) is 18.4 Å². The molecular formula is C16H15ClF2N4O2. The Kier molecular flexibility index (Phi) is 4.71. The van der Waals surface area contributed by atoms with E-state index in [1.165, 1.54) is 18.1 Å². The number of alkyl halides is 2. The predicted molar refractivity (Wildman–Crippen MR) is 88.7 cm³/mol. The smallest absolute Gasteiger partial charge is 0.282 e. The van der Waals surface area contributed by atoms with Gasteiger partial charge in [0.1, 0.15) is 5.69 Å². The molecule has 1 aliphatic rings. The molecule has 1 aromatic carbocycles. The fourth-order valence-corrected chi connectivity index (χ4v) is 2.92. The van der Waals surface area contributed by atoms with Crippen molar-refractivity contribution in [3.63, 3.8) is 0 Å². The minimum atomic E-state index is -2.77. The summed E-state index contributed by atoms with van der Waals surface area (Å²) in [4.78, 5) is 26.0. The van der Waals surface area contributed by atoms with E-state index in [0.29, 0.717) is 10.7 Å². The van der Waals surface area contributed by atoms with Crippen LogP contribution in [0.4, 0.5) is 20.2 Å². The highest BCUT2D eigenvalue weighted by molar-refractivity contribution is 6.30. The molecule has 1 aliphatic heterocycles. The lowest BCUT2D eigenvalue weighted by molar-refractivity contribution is -0.122. The molecule has 0 unspecified atom stereocenters. The first-order valence-corrected chi connectivity index (χ1v) is 7.91. The van der Waals surface area contributed by atoms with Crippen LogP contribution >= 0.6 is 11.6 Å². The van der Waals surface area contributed by atoms with E-state index >= 15 is 0 Å². The third-order valence-electron chi connectivity index (χ3n) is 4.08. The summed E-state index contributed by atoms with van der Waals surface area (Å²) in [5.74, 6) is -1.32. The van der Waals surface area contributed by atoms with Gasteiger partial charge in [0.25, 0.3) is 6.43 Å². The third-order valence-corrected chi connectivity index (χ3v) is 4.34. The Bertz CT molecular complexity index is 807. The molecule has 6 nitrogen and oxygen atoms in total. The van der Waals surface area contributed by atoms with Crippen molar-refractivity contribution >= 4 is 34.8 Å². The van der Waals surface area contributed by atoms with E-state index in [1.807, 2.05) is 0 Å². The van der Waals surface area contributed by atoms with Gasteiger partial charge >= 0.3 is 0 Å². The second-order valence-corrected chi connectivity index (χ2v) is 6.18.